The molecule has 0 radical (unpaired) electrons. The van der Waals surface area contributed by atoms with E-state index in [4.69, 9.17) is 4.74 Å². The van der Waals surface area contributed by atoms with Crippen molar-refractivity contribution in [3.8, 4) is 5.75 Å². The number of ether oxygens (including phenoxy) is 1. The second-order valence-corrected chi connectivity index (χ2v) is 4.25. The number of rotatable bonds is 2. The van der Waals surface area contributed by atoms with Crippen molar-refractivity contribution in [2.24, 2.45) is 0 Å². The number of allylic oxidation sites excluding steroid dienone is 1. The summed E-state index contributed by atoms with van der Waals surface area (Å²) in [6, 6.07) is 4.19. The van der Waals surface area contributed by atoms with E-state index in [1.165, 1.54) is 5.56 Å². The van der Waals surface area contributed by atoms with Gasteiger partial charge in [0.25, 0.3) is 0 Å². The van der Waals surface area contributed by atoms with Gasteiger partial charge >= 0.3 is 0 Å². The molecule has 0 aromatic heterocycles. The zero-order valence-corrected chi connectivity index (χ0v) is 10.3. The number of methoxy groups -OCH3 is 1. The largest absolute Gasteiger partial charge is 0.495 e. The minimum atomic E-state index is 0.964. The van der Waals surface area contributed by atoms with E-state index in [0.717, 1.165) is 20.5 Å². The fraction of sp³-hybridized carbons (Fsp3) is 0.273. The fourth-order valence-electron chi connectivity index (χ4n) is 1.24. The summed E-state index contributed by atoms with van der Waals surface area (Å²) in [7, 11) is 1.70. The predicted octanol–water partition coefficient (Wildman–Crippen LogP) is 3.64. The highest BCUT2D eigenvalue weighted by molar-refractivity contribution is 14.1. The summed E-state index contributed by atoms with van der Waals surface area (Å²) in [4.78, 5) is 0. The van der Waals surface area contributed by atoms with Gasteiger partial charge in [-0.05, 0) is 59.7 Å². The van der Waals surface area contributed by atoms with Crippen LogP contribution in [-0.4, -0.2) is 7.11 Å². The Bertz CT molecular complexity index is 319. The molecule has 0 N–H and O–H groups in total. The molecule has 0 unspecified atom stereocenters. The van der Waals surface area contributed by atoms with Crippen molar-refractivity contribution in [3.63, 3.8) is 0 Å². The third kappa shape index (κ3) is 2.24. The summed E-state index contributed by atoms with van der Waals surface area (Å²) < 4.78 is 6.41. The molecular formula is C11H13IO. The Hall–Kier alpha value is -0.510. The average molecular weight is 288 g/mol. The standard InChI is InChI=1S/C11H13IO/c1-7(2)9-5-8(3)11(13-4)10(12)6-9/h5-6H,1H2,2-4H3. The van der Waals surface area contributed by atoms with Crippen LogP contribution >= 0.6 is 22.6 Å². The Morgan fingerprint density at radius 1 is 1.46 bits per heavy atom. The van der Waals surface area contributed by atoms with Crippen LogP contribution in [0.1, 0.15) is 18.1 Å². The molecule has 0 aliphatic carbocycles. The van der Waals surface area contributed by atoms with Crippen LogP contribution in [0.25, 0.3) is 5.57 Å². The second-order valence-electron chi connectivity index (χ2n) is 3.09. The van der Waals surface area contributed by atoms with Crippen molar-refractivity contribution >= 4 is 28.2 Å². The van der Waals surface area contributed by atoms with E-state index in [1.54, 1.807) is 7.11 Å². The first-order chi connectivity index (χ1) is 6.06. The Morgan fingerprint density at radius 2 is 2.08 bits per heavy atom. The van der Waals surface area contributed by atoms with Gasteiger partial charge in [-0.25, -0.2) is 0 Å². The molecule has 0 fully saturated rings. The lowest BCUT2D eigenvalue weighted by molar-refractivity contribution is 0.408. The first kappa shape index (κ1) is 10.6. The average Bonchev–Trinajstić information content (AvgIpc) is 2.03. The van der Waals surface area contributed by atoms with Crippen LogP contribution in [0.4, 0.5) is 0 Å². The molecule has 0 heterocycles. The van der Waals surface area contributed by atoms with E-state index >= 15 is 0 Å². The Labute approximate surface area is 92.9 Å². The molecule has 1 nitrogen and oxygen atoms in total. The van der Waals surface area contributed by atoms with Crippen molar-refractivity contribution in [3.05, 3.63) is 33.4 Å². The zero-order chi connectivity index (χ0) is 10.0. The lowest BCUT2D eigenvalue weighted by Crippen LogP contribution is -1.92. The molecule has 0 atom stereocenters. The first-order valence-corrected chi connectivity index (χ1v) is 5.14. The molecule has 0 aliphatic heterocycles. The molecule has 1 rings (SSSR count). The molecule has 13 heavy (non-hydrogen) atoms. The maximum absolute atomic E-state index is 5.27. The summed E-state index contributed by atoms with van der Waals surface area (Å²) in [5.74, 6) is 0.964. The molecule has 1 aromatic carbocycles. The summed E-state index contributed by atoms with van der Waals surface area (Å²) in [6.07, 6.45) is 0. The van der Waals surface area contributed by atoms with Crippen LogP contribution in [0.2, 0.25) is 0 Å². The lowest BCUT2D eigenvalue weighted by Gasteiger charge is -2.09. The molecule has 1 aromatic rings. The highest BCUT2D eigenvalue weighted by Gasteiger charge is 2.06. The summed E-state index contributed by atoms with van der Waals surface area (Å²) >= 11 is 2.28. The third-order valence-electron chi connectivity index (χ3n) is 1.93. The summed E-state index contributed by atoms with van der Waals surface area (Å²) in [6.45, 7) is 7.98. The van der Waals surface area contributed by atoms with Crippen molar-refractivity contribution < 1.29 is 4.74 Å². The van der Waals surface area contributed by atoms with Gasteiger partial charge in [-0.1, -0.05) is 12.2 Å². The summed E-state index contributed by atoms with van der Waals surface area (Å²) in [5, 5.41) is 0. The van der Waals surface area contributed by atoms with Crippen LogP contribution in [-0.2, 0) is 0 Å². The van der Waals surface area contributed by atoms with Gasteiger partial charge in [0.15, 0.2) is 0 Å². The van der Waals surface area contributed by atoms with Gasteiger partial charge in [0, 0.05) is 0 Å². The SMILES string of the molecule is C=C(C)c1cc(C)c(OC)c(I)c1. The monoisotopic (exact) mass is 288 g/mol. The first-order valence-electron chi connectivity index (χ1n) is 4.06. The van der Waals surface area contributed by atoms with Crippen LogP contribution in [0.3, 0.4) is 0 Å². The van der Waals surface area contributed by atoms with Gasteiger partial charge in [0.2, 0.25) is 0 Å². The van der Waals surface area contributed by atoms with Crippen molar-refractivity contribution in [1.82, 2.24) is 0 Å². The van der Waals surface area contributed by atoms with Crippen LogP contribution in [0, 0.1) is 10.5 Å². The minimum absolute atomic E-state index is 0.964. The topological polar surface area (TPSA) is 9.23 Å². The third-order valence-corrected chi connectivity index (χ3v) is 2.73. The van der Waals surface area contributed by atoms with Crippen LogP contribution < -0.4 is 4.74 Å². The zero-order valence-electron chi connectivity index (χ0n) is 8.15. The predicted molar refractivity (Wildman–Crippen MR) is 65.2 cm³/mol. The molecule has 70 valence electrons. The quantitative estimate of drug-likeness (QED) is 0.755. The summed E-state index contributed by atoms with van der Waals surface area (Å²) in [5.41, 5.74) is 3.43. The molecule has 0 bridgehead atoms. The Balaban J connectivity index is 3.28. The van der Waals surface area contributed by atoms with Gasteiger partial charge < -0.3 is 4.74 Å². The maximum Gasteiger partial charge on any atom is 0.135 e. The van der Waals surface area contributed by atoms with E-state index in [2.05, 4.69) is 41.3 Å². The van der Waals surface area contributed by atoms with Gasteiger partial charge in [-0.15, -0.1) is 0 Å². The molecule has 0 spiro atoms. The molecule has 0 aliphatic rings. The second kappa shape index (κ2) is 4.13. The van der Waals surface area contributed by atoms with Crippen molar-refractivity contribution in [2.45, 2.75) is 13.8 Å². The number of halogens is 1. The van der Waals surface area contributed by atoms with Gasteiger partial charge in [-0.3, -0.25) is 0 Å². The number of aryl methyl sites for hydroxylation is 1. The maximum atomic E-state index is 5.27. The molecule has 2 heteroatoms. The van der Waals surface area contributed by atoms with Gasteiger partial charge in [0.05, 0.1) is 10.7 Å². The highest BCUT2D eigenvalue weighted by atomic mass is 127. The van der Waals surface area contributed by atoms with Crippen LogP contribution in [0.15, 0.2) is 18.7 Å². The number of hydrogen-bond acceptors (Lipinski definition) is 1. The lowest BCUT2D eigenvalue weighted by atomic mass is 10.1. The number of benzene rings is 1. The van der Waals surface area contributed by atoms with Gasteiger partial charge in [-0.2, -0.15) is 0 Å². The van der Waals surface area contributed by atoms with Crippen molar-refractivity contribution in [1.29, 1.82) is 0 Å². The van der Waals surface area contributed by atoms with E-state index in [-0.39, 0.29) is 0 Å². The smallest absolute Gasteiger partial charge is 0.135 e. The minimum Gasteiger partial charge on any atom is -0.495 e. The Kier molecular flexibility index (Phi) is 3.36. The van der Waals surface area contributed by atoms with E-state index in [0.29, 0.717) is 0 Å². The molecule has 0 amide bonds. The highest BCUT2D eigenvalue weighted by Crippen LogP contribution is 2.28. The van der Waals surface area contributed by atoms with Gasteiger partial charge in [0.1, 0.15) is 5.75 Å². The van der Waals surface area contributed by atoms with Crippen molar-refractivity contribution in [2.75, 3.05) is 7.11 Å². The molecular weight excluding hydrogens is 275 g/mol. The van der Waals surface area contributed by atoms with E-state index < -0.39 is 0 Å². The normalized spacial score (nSPS) is 9.85. The van der Waals surface area contributed by atoms with E-state index in [9.17, 15) is 0 Å². The Morgan fingerprint density at radius 3 is 2.46 bits per heavy atom. The molecule has 0 saturated carbocycles. The molecule has 0 saturated heterocycles. The number of hydrogen-bond donors (Lipinski definition) is 0. The van der Waals surface area contributed by atoms with Crippen LogP contribution in [0.5, 0.6) is 5.75 Å². The van der Waals surface area contributed by atoms with E-state index in [1.807, 2.05) is 13.8 Å². The fourth-order valence-corrected chi connectivity index (χ4v) is 2.22.